The average molecular weight is 208 g/mol. The first-order chi connectivity index (χ1) is 7.29. The van der Waals surface area contributed by atoms with Crippen LogP contribution in [0.1, 0.15) is 24.5 Å². The van der Waals surface area contributed by atoms with Gasteiger partial charge in [0.05, 0.1) is 5.69 Å². The van der Waals surface area contributed by atoms with Crippen molar-refractivity contribution < 1.29 is 0 Å². The molecule has 0 radical (unpaired) electrons. The van der Waals surface area contributed by atoms with Gasteiger partial charge in [0.1, 0.15) is 0 Å². The minimum Gasteiger partial charge on any atom is -0.329 e. The van der Waals surface area contributed by atoms with Crippen LogP contribution in [0.5, 0.6) is 0 Å². The molecule has 1 saturated heterocycles. The quantitative estimate of drug-likeness (QED) is 0.789. The second-order valence-electron chi connectivity index (χ2n) is 4.34. The van der Waals surface area contributed by atoms with Crippen molar-refractivity contribution in [1.82, 2.24) is 14.7 Å². The number of hydrogen-bond donors (Lipinski definition) is 1. The fraction of sp³-hybridized carbons (Fsp3) is 0.727. The van der Waals surface area contributed by atoms with Crippen LogP contribution in [-0.4, -0.2) is 40.9 Å². The van der Waals surface area contributed by atoms with Gasteiger partial charge >= 0.3 is 0 Å². The molecule has 1 aliphatic heterocycles. The highest BCUT2D eigenvalue weighted by Crippen LogP contribution is 2.24. The van der Waals surface area contributed by atoms with Crippen LogP contribution in [-0.2, 0) is 7.05 Å². The zero-order valence-corrected chi connectivity index (χ0v) is 9.39. The van der Waals surface area contributed by atoms with Crippen LogP contribution in [0.25, 0.3) is 0 Å². The van der Waals surface area contributed by atoms with Gasteiger partial charge in [-0.05, 0) is 25.5 Å². The summed E-state index contributed by atoms with van der Waals surface area (Å²) in [7, 11) is 1.98. The van der Waals surface area contributed by atoms with E-state index in [1.807, 2.05) is 17.9 Å². The predicted molar refractivity (Wildman–Crippen MR) is 60.7 cm³/mol. The van der Waals surface area contributed by atoms with Crippen LogP contribution < -0.4 is 5.73 Å². The Morgan fingerprint density at radius 3 is 3.13 bits per heavy atom. The van der Waals surface area contributed by atoms with Gasteiger partial charge in [0, 0.05) is 38.8 Å². The van der Waals surface area contributed by atoms with Crippen LogP contribution >= 0.6 is 0 Å². The Morgan fingerprint density at radius 2 is 2.47 bits per heavy atom. The fourth-order valence-electron chi connectivity index (χ4n) is 2.33. The maximum absolute atomic E-state index is 5.59. The van der Waals surface area contributed by atoms with E-state index in [4.69, 9.17) is 5.73 Å². The van der Waals surface area contributed by atoms with Crippen LogP contribution in [0.3, 0.4) is 0 Å². The number of likely N-dealkylation sites (tertiary alicyclic amines) is 1. The van der Waals surface area contributed by atoms with Crippen LogP contribution in [0.2, 0.25) is 0 Å². The molecule has 15 heavy (non-hydrogen) atoms. The average Bonchev–Trinajstić information content (AvgIpc) is 2.66. The summed E-state index contributed by atoms with van der Waals surface area (Å²) < 4.78 is 1.89. The normalized spacial score (nSPS) is 23.2. The lowest BCUT2D eigenvalue weighted by molar-refractivity contribution is 0.211. The number of rotatable bonds is 3. The Bertz CT molecular complexity index is 305. The second-order valence-corrected chi connectivity index (χ2v) is 4.34. The summed E-state index contributed by atoms with van der Waals surface area (Å²) in [4.78, 5) is 2.45. The molecule has 1 aromatic rings. The van der Waals surface area contributed by atoms with Gasteiger partial charge in [-0.25, -0.2) is 0 Å². The SMILES string of the molecule is Cn1ccc(C2CCCN(CCN)C2)n1. The van der Waals surface area contributed by atoms with E-state index in [-0.39, 0.29) is 0 Å². The molecule has 1 aromatic heterocycles. The molecule has 0 aromatic carbocycles. The van der Waals surface area contributed by atoms with E-state index in [1.165, 1.54) is 25.1 Å². The molecule has 0 saturated carbocycles. The second kappa shape index (κ2) is 4.77. The van der Waals surface area contributed by atoms with Gasteiger partial charge in [0.2, 0.25) is 0 Å². The molecular formula is C11H20N4. The largest absolute Gasteiger partial charge is 0.329 e. The maximum Gasteiger partial charge on any atom is 0.0668 e. The summed E-state index contributed by atoms with van der Waals surface area (Å²) in [6.45, 7) is 4.09. The van der Waals surface area contributed by atoms with E-state index < -0.39 is 0 Å². The molecular weight excluding hydrogens is 188 g/mol. The molecule has 0 aliphatic carbocycles. The molecule has 84 valence electrons. The topological polar surface area (TPSA) is 47.1 Å². The highest BCUT2D eigenvalue weighted by molar-refractivity contribution is 5.08. The van der Waals surface area contributed by atoms with Crippen molar-refractivity contribution in [3.8, 4) is 0 Å². The molecule has 1 unspecified atom stereocenters. The van der Waals surface area contributed by atoms with Gasteiger partial charge in [-0.15, -0.1) is 0 Å². The molecule has 2 N–H and O–H groups in total. The lowest BCUT2D eigenvalue weighted by atomic mass is 9.95. The first-order valence-electron chi connectivity index (χ1n) is 5.71. The third-order valence-corrected chi connectivity index (χ3v) is 3.10. The first kappa shape index (κ1) is 10.6. The Morgan fingerprint density at radius 1 is 1.60 bits per heavy atom. The number of aryl methyl sites for hydroxylation is 1. The molecule has 2 heterocycles. The first-order valence-corrected chi connectivity index (χ1v) is 5.71. The molecule has 0 amide bonds. The lowest BCUT2D eigenvalue weighted by Gasteiger charge is -2.31. The minimum atomic E-state index is 0.603. The maximum atomic E-state index is 5.59. The van der Waals surface area contributed by atoms with E-state index in [9.17, 15) is 0 Å². The van der Waals surface area contributed by atoms with Crippen LogP contribution in [0.4, 0.5) is 0 Å². The lowest BCUT2D eigenvalue weighted by Crippen LogP contribution is -2.37. The van der Waals surface area contributed by atoms with Crippen molar-refractivity contribution in [2.45, 2.75) is 18.8 Å². The molecule has 1 atom stereocenters. The molecule has 0 bridgehead atoms. The third-order valence-electron chi connectivity index (χ3n) is 3.10. The van der Waals surface area contributed by atoms with Gasteiger partial charge in [0.15, 0.2) is 0 Å². The number of piperidine rings is 1. The highest BCUT2D eigenvalue weighted by Gasteiger charge is 2.22. The van der Waals surface area contributed by atoms with E-state index in [2.05, 4.69) is 16.1 Å². The summed E-state index contributed by atoms with van der Waals surface area (Å²) in [6.07, 6.45) is 4.55. The molecule has 1 aliphatic rings. The molecule has 2 rings (SSSR count). The van der Waals surface area contributed by atoms with E-state index in [1.54, 1.807) is 0 Å². The summed E-state index contributed by atoms with van der Waals surface area (Å²) >= 11 is 0. The van der Waals surface area contributed by atoms with Crippen molar-refractivity contribution in [1.29, 1.82) is 0 Å². The van der Waals surface area contributed by atoms with E-state index in [0.717, 1.165) is 19.6 Å². The Labute approximate surface area is 91.1 Å². The van der Waals surface area contributed by atoms with Crippen molar-refractivity contribution >= 4 is 0 Å². The number of hydrogen-bond acceptors (Lipinski definition) is 3. The smallest absolute Gasteiger partial charge is 0.0668 e. The van der Waals surface area contributed by atoms with Gasteiger partial charge in [0.25, 0.3) is 0 Å². The Balaban J connectivity index is 1.98. The molecule has 4 nitrogen and oxygen atoms in total. The van der Waals surface area contributed by atoms with Crippen LogP contribution in [0, 0.1) is 0 Å². The fourth-order valence-corrected chi connectivity index (χ4v) is 2.33. The van der Waals surface area contributed by atoms with Crippen molar-refractivity contribution in [3.05, 3.63) is 18.0 Å². The number of nitrogens with zero attached hydrogens (tertiary/aromatic N) is 3. The van der Waals surface area contributed by atoms with Gasteiger partial charge < -0.3 is 10.6 Å². The zero-order chi connectivity index (χ0) is 10.7. The highest BCUT2D eigenvalue weighted by atomic mass is 15.3. The number of aromatic nitrogens is 2. The van der Waals surface area contributed by atoms with Crippen LogP contribution in [0.15, 0.2) is 12.3 Å². The summed E-state index contributed by atoms with van der Waals surface area (Å²) in [5.74, 6) is 0.603. The van der Waals surface area contributed by atoms with E-state index >= 15 is 0 Å². The van der Waals surface area contributed by atoms with Crippen molar-refractivity contribution in [2.75, 3.05) is 26.2 Å². The predicted octanol–water partition coefficient (Wildman–Crippen LogP) is 0.558. The molecule has 4 heteroatoms. The minimum absolute atomic E-state index is 0.603. The van der Waals surface area contributed by atoms with E-state index in [0.29, 0.717) is 5.92 Å². The molecule has 0 spiro atoms. The van der Waals surface area contributed by atoms with Gasteiger partial charge in [-0.3, -0.25) is 4.68 Å². The van der Waals surface area contributed by atoms with Gasteiger partial charge in [-0.2, -0.15) is 5.10 Å². The zero-order valence-electron chi connectivity index (χ0n) is 9.39. The Kier molecular flexibility index (Phi) is 3.38. The van der Waals surface area contributed by atoms with Crippen molar-refractivity contribution in [2.24, 2.45) is 12.8 Å². The Hall–Kier alpha value is -0.870. The third kappa shape index (κ3) is 2.58. The summed E-state index contributed by atoms with van der Waals surface area (Å²) in [5.41, 5.74) is 6.82. The summed E-state index contributed by atoms with van der Waals surface area (Å²) in [6, 6.07) is 2.14. The number of nitrogens with two attached hydrogens (primary N) is 1. The standard InChI is InChI=1S/C11H20N4/c1-14-7-4-11(13-14)10-3-2-6-15(9-10)8-5-12/h4,7,10H,2-3,5-6,8-9,12H2,1H3. The molecule has 1 fully saturated rings. The monoisotopic (exact) mass is 208 g/mol. The summed E-state index contributed by atoms with van der Waals surface area (Å²) in [5, 5.41) is 4.49. The van der Waals surface area contributed by atoms with Gasteiger partial charge in [-0.1, -0.05) is 0 Å². The van der Waals surface area contributed by atoms with Crippen molar-refractivity contribution in [3.63, 3.8) is 0 Å².